The van der Waals surface area contributed by atoms with Crippen LogP contribution in [0.4, 0.5) is 0 Å². The fourth-order valence-electron chi connectivity index (χ4n) is 2.46. The molecule has 82 valence electrons. The lowest BCUT2D eigenvalue weighted by atomic mass is 9.85. The van der Waals surface area contributed by atoms with Gasteiger partial charge < -0.3 is 4.79 Å². The lowest BCUT2D eigenvalue weighted by Gasteiger charge is -2.21. The van der Waals surface area contributed by atoms with Crippen LogP contribution in [0.25, 0.3) is 0 Å². The number of carbonyl (C=O) groups excluding carboxylic acids is 1. The molecule has 0 saturated heterocycles. The highest BCUT2D eigenvalue weighted by Gasteiger charge is 2.12. The van der Waals surface area contributed by atoms with Crippen LogP contribution >= 0.6 is 0 Å². The lowest BCUT2D eigenvalue weighted by molar-refractivity contribution is -0.117. The molecule has 0 spiro atoms. The predicted molar refractivity (Wildman–Crippen MR) is 60.3 cm³/mol. The van der Waals surface area contributed by atoms with E-state index in [4.69, 9.17) is 0 Å². The van der Waals surface area contributed by atoms with Crippen LogP contribution in [0.3, 0.4) is 0 Å². The van der Waals surface area contributed by atoms with E-state index in [-0.39, 0.29) is 0 Å². The van der Waals surface area contributed by atoms with Gasteiger partial charge in [0.2, 0.25) is 0 Å². The normalized spacial score (nSPS) is 18.4. The Hall–Kier alpha value is -0.330. The summed E-state index contributed by atoms with van der Waals surface area (Å²) in [6.07, 6.45) is 13.2. The van der Waals surface area contributed by atoms with Crippen molar-refractivity contribution in [2.24, 2.45) is 5.92 Å². The van der Waals surface area contributed by atoms with Gasteiger partial charge in [0.15, 0.2) is 0 Å². The fourth-order valence-corrected chi connectivity index (χ4v) is 2.46. The zero-order chi connectivity index (χ0) is 10.2. The molecule has 0 N–H and O–H groups in total. The zero-order valence-electron chi connectivity index (χ0n) is 9.56. The Morgan fingerprint density at radius 2 is 1.79 bits per heavy atom. The maximum atomic E-state index is 10.7. The number of unbranched alkanes of at least 4 members (excludes halogenated alkanes) is 2. The molecule has 0 heterocycles. The summed E-state index contributed by atoms with van der Waals surface area (Å²) >= 11 is 0. The van der Waals surface area contributed by atoms with Crippen molar-refractivity contribution in [2.75, 3.05) is 0 Å². The molecule has 1 nitrogen and oxygen atoms in total. The van der Waals surface area contributed by atoms with Crippen molar-refractivity contribution in [3.8, 4) is 0 Å². The van der Waals surface area contributed by atoms with E-state index in [1.165, 1.54) is 51.4 Å². The van der Waals surface area contributed by atoms with Gasteiger partial charge in [0, 0.05) is 6.42 Å². The van der Waals surface area contributed by atoms with E-state index < -0.39 is 0 Å². The lowest BCUT2D eigenvalue weighted by Crippen LogP contribution is -2.05. The minimum atomic E-state index is 0.350. The molecule has 0 unspecified atom stereocenters. The van der Waals surface area contributed by atoms with Crippen molar-refractivity contribution in [3.05, 3.63) is 0 Å². The Bertz CT molecular complexity index is 157. The molecule has 0 atom stereocenters. The van der Waals surface area contributed by atoms with Crippen LogP contribution in [-0.2, 0) is 4.79 Å². The van der Waals surface area contributed by atoms with Crippen LogP contribution in [0, 0.1) is 5.92 Å². The summed E-state index contributed by atoms with van der Waals surface area (Å²) in [5, 5.41) is 0. The third kappa shape index (κ3) is 5.41. The predicted octanol–water partition coefficient (Wildman–Crippen LogP) is 4.11. The van der Waals surface area contributed by atoms with E-state index in [1.807, 2.05) is 0 Å². The highest BCUT2D eigenvalue weighted by molar-refractivity contribution is 5.75. The summed E-state index contributed by atoms with van der Waals surface area (Å²) in [7, 11) is 0. The second kappa shape index (κ2) is 7.03. The van der Waals surface area contributed by atoms with E-state index in [2.05, 4.69) is 0 Å². The van der Waals surface area contributed by atoms with Crippen molar-refractivity contribution in [1.82, 2.24) is 0 Å². The van der Waals surface area contributed by atoms with Gasteiger partial charge in [0.25, 0.3) is 0 Å². The summed E-state index contributed by atoms with van der Waals surface area (Å²) in [5.74, 6) is 1.36. The van der Waals surface area contributed by atoms with Crippen molar-refractivity contribution in [2.45, 2.75) is 71.1 Å². The summed E-state index contributed by atoms with van der Waals surface area (Å²) in [5.41, 5.74) is 0. The molecule has 14 heavy (non-hydrogen) atoms. The van der Waals surface area contributed by atoms with E-state index in [0.29, 0.717) is 5.78 Å². The summed E-state index contributed by atoms with van der Waals surface area (Å²) in [6, 6.07) is 0. The maximum absolute atomic E-state index is 10.7. The Kier molecular flexibility index (Phi) is 5.89. The van der Waals surface area contributed by atoms with E-state index in [0.717, 1.165) is 18.8 Å². The first-order valence-corrected chi connectivity index (χ1v) is 6.28. The van der Waals surface area contributed by atoms with Gasteiger partial charge in [0.1, 0.15) is 5.78 Å². The molecule has 1 rings (SSSR count). The van der Waals surface area contributed by atoms with Crippen molar-refractivity contribution in [1.29, 1.82) is 0 Å². The SMILES string of the molecule is CC(=O)CCCCCC1CCCCC1. The molecular weight excluding hydrogens is 172 g/mol. The highest BCUT2D eigenvalue weighted by Crippen LogP contribution is 2.27. The van der Waals surface area contributed by atoms with Gasteiger partial charge in [-0.25, -0.2) is 0 Å². The van der Waals surface area contributed by atoms with Gasteiger partial charge >= 0.3 is 0 Å². The first-order chi connectivity index (χ1) is 6.79. The monoisotopic (exact) mass is 196 g/mol. The van der Waals surface area contributed by atoms with Gasteiger partial charge in [-0.2, -0.15) is 0 Å². The number of ketones is 1. The van der Waals surface area contributed by atoms with Crippen molar-refractivity contribution < 1.29 is 4.79 Å². The largest absolute Gasteiger partial charge is 0.300 e. The quantitative estimate of drug-likeness (QED) is 0.584. The third-order valence-electron chi connectivity index (χ3n) is 3.37. The van der Waals surface area contributed by atoms with Gasteiger partial charge in [-0.1, -0.05) is 51.4 Å². The number of hydrogen-bond donors (Lipinski definition) is 0. The summed E-state index contributed by atoms with van der Waals surface area (Å²) in [4.78, 5) is 10.7. The van der Waals surface area contributed by atoms with Gasteiger partial charge in [-0.05, 0) is 19.3 Å². The van der Waals surface area contributed by atoms with Crippen LogP contribution in [-0.4, -0.2) is 5.78 Å². The van der Waals surface area contributed by atoms with Gasteiger partial charge in [-0.15, -0.1) is 0 Å². The average molecular weight is 196 g/mol. The number of Topliss-reactive ketones (excluding diaryl/α,β-unsaturated/α-hetero) is 1. The Balaban J connectivity index is 1.90. The average Bonchev–Trinajstić information content (AvgIpc) is 2.18. The molecule has 0 amide bonds. The zero-order valence-corrected chi connectivity index (χ0v) is 9.56. The van der Waals surface area contributed by atoms with Crippen LogP contribution in [0.1, 0.15) is 71.1 Å². The van der Waals surface area contributed by atoms with Crippen LogP contribution < -0.4 is 0 Å². The molecule has 1 saturated carbocycles. The van der Waals surface area contributed by atoms with E-state index in [9.17, 15) is 4.79 Å². The molecule has 0 aromatic heterocycles. The standard InChI is InChI=1S/C13H24O/c1-12(14)8-4-2-5-9-13-10-6-3-7-11-13/h13H,2-11H2,1H3. The molecule has 0 aromatic carbocycles. The third-order valence-corrected chi connectivity index (χ3v) is 3.37. The first kappa shape index (κ1) is 11.7. The Morgan fingerprint density at radius 3 is 2.43 bits per heavy atom. The summed E-state index contributed by atoms with van der Waals surface area (Å²) < 4.78 is 0. The van der Waals surface area contributed by atoms with E-state index in [1.54, 1.807) is 6.92 Å². The molecule has 0 aromatic rings. The topological polar surface area (TPSA) is 17.1 Å². The van der Waals surface area contributed by atoms with Gasteiger partial charge in [-0.3, -0.25) is 0 Å². The number of rotatable bonds is 6. The molecule has 0 aliphatic heterocycles. The minimum absolute atomic E-state index is 0.350. The van der Waals surface area contributed by atoms with Crippen LogP contribution in [0.15, 0.2) is 0 Å². The Labute approximate surface area is 88.3 Å². The molecule has 1 fully saturated rings. The maximum Gasteiger partial charge on any atom is 0.129 e. The Morgan fingerprint density at radius 1 is 1.07 bits per heavy atom. The molecule has 0 bridgehead atoms. The first-order valence-electron chi connectivity index (χ1n) is 6.28. The second-order valence-electron chi connectivity index (χ2n) is 4.81. The molecule has 0 radical (unpaired) electrons. The molecule has 1 heteroatoms. The molecular formula is C13H24O. The smallest absolute Gasteiger partial charge is 0.129 e. The van der Waals surface area contributed by atoms with Gasteiger partial charge in [0.05, 0.1) is 0 Å². The number of carbonyl (C=O) groups is 1. The second-order valence-corrected chi connectivity index (χ2v) is 4.81. The van der Waals surface area contributed by atoms with Crippen LogP contribution in [0.2, 0.25) is 0 Å². The molecule has 1 aliphatic rings. The minimum Gasteiger partial charge on any atom is -0.300 e. The van der Waals surface area contributed by atoms with Crippen LogP contribution in [0.5, 0.6) is 0 Å². The fraction of sp³-hybridized carbons (Fsp3) is 0.923. The summed E-state index contributed by atoms with van der Waals surface area (Å²) in [6.45, 7) is 1.70. The van der Waals surface area contributed by atoms with E-state index >= 15 is 0 Å². The van der Waals surface area contributed by atoms with Crippen molar-refractivity contribution >= 4 is 5.78 Å². The molecule has 1 aliphatic carbocycles. The number of hydrogen-bond acceptors (Lipinski definition) is 1. The highest BCUT2D eigenvalue weighted by atomic mass is 16.1. The van der Waals surface area contributed by atoms with Crippen molar-refractivity contribution in [3.63, 3.8) is 0 Å².